The Bertz CT molecular complexity index is 1300. The van der Waals surface area contributed by atoms with Crippen LogP contribution in [-0.4, -0.2) is 39.1 Å². The molecule has 0 spiro atoms. The Morgan fingerprint density at radius 3 is 2.86 bits per heavy atom. The summed E-state index contributed by atoms with van der Waals surface area (Å²) in [5.41, 5.74) is 2.83. The number of aromatic nitrogens is 3. The third kappa shape index (κ3) is 4.96. The number of carbonyl (C=O) groups is 1. The third-order valence-electron chi connectivity index (χ3n) is 6.18. The number of carbonyl (C=O) groups excluding carboxylic acids is 1. The summed E-state index contributed by atoms with van der Waals surface area (Å²) in [5, 5.41) is 7.29. The maximum absolute atomic E-state index is 13.5. The highest BCUT2D eigenvalue weighted by atomic mass is 19.1. The van der Waals surface area contributed by atoms with Crippen molar-refractivity contribution < 1.29 is 18.3 Å². The molecule has 180 valence electrons. The Kier molecular flexibility index (Phi) is 6.61. The molecule has 4 aromatic rings. The number of nitrogens with one attached hydrogen (secondary N) is 1. The Morgan fingerprint density at radius 1 is 1.20 bits per heavy atom. The van der Waals surface area contributed by atoms with Crippen LogP contribution >= 0.6 is 0 Å². The summed E-state index contributed by atoms with van der Waals surface area (Å²) >= 11 is 0. The van der Waals surface area contributed by atoms with Crippen LogP contribution < -0.4 is 4.74 Å². The van der Waals surface area contributed by atoms with Gasteiger partial charge in [0.1, 0.15) is 29.1 Å². The summed E-state index contributed by atoms with van der Waals surface area (Å²) in [7, 11) is 0. The first-order valence-corrected chi connectivity index (χ1v) is 11.9. The third-order valence-corrected chi connectivity index (χ3v) is 6.18. The number of ether oxygens (including phenoxy) is 1. The van der Waals surface area contributed by atoms with E-state index in [-0.39, 0.29) is 17.8 Å². The zero-order valence-electron chi connectivity index (χ0n) is 19.5. The second-order valence-electron chi connectivity index (χ2n) is 8.57. The fraction of sp³-hybridized carbons (Fsp3) is 0.296. The van der Waals surface area contributed by atoms with Crippen molar-refractivity contribution in [3.63, 3.8) is 0 Å². The van der Waals surface area contributed by atoms with E-state index >= 15 is 0 Å². The number of rotatable bonds is 7. The first kappa shape index (κ1) is 22.8. The highest BCUT2D eigenvalue weighted by Gasteiger charge is 2.33. The summed E-state index contributed by atoms with van der Waals surface area (Å²) < 4.78 is 25.0. The van der Waals surface area contributed by atoms with Crippen LogP contribution in [0.3, 0.4) is 0 Å². The lowest BCUT2D eigenvalue weighted by Crippen LogP contribution is -2.38. The fourth-order valence-corrected chi connectivity index (χ4v) is 4.48. The summed E-state index contributed by atoms with van der Waals surface area (Å²) in [6.07, 6.45) is 4.88. The van der Waals surface area contributed by atoms with E-state index in [2.05, 4.69) is 15.2 Å². The summed E-state index contributed by atoms with van der Waals surface area (Å²) in [6, 6.07) is 15.5. The minimum atomic E-state index is -0.272. The number of para-hydroxylation sites is 1. The number of likely N-dealkylation sites (tertiary alicyclic amines) is 1. The van der Waals surface area contributed by atoms with Crippen LogP contribution in [-0.2, 0) is 6.42 Å². The molecule has 7 nitrogen and oxygen atoms in total. The molecule has 3 heterocycles. The molecule has 1 fully saturated rings. The summed E-state index contributed by atoms with van der Waals surface area (Å²) in [6.45, 7) is 3.09. The maximum atomic E-state index is 13.5. The van der Waals surface area contributed by atoms with Gasteiger partial charge in [0.25, 0.3) is 5.91 Å². The molecule has 0 aliphatic carbocycles. The number of hydrogen-bond donors (Lipinski definition) is 1. The van der Waals surface area contributed by atoms with Gasteiger partial charge in [-0.2, -0.15) is 5.10 Å². The van der Waals surface area contributed by atoms with Crippen molar-refractivity contribution >= 4 is 5.91 Å². The standard InChI is InChI=1S/C27H27FN4O3/c1-2-34-25-9-4-3-7-21(25)22-16-23(31-30-22)27(33)32-14-6-5-8-24(32)26-29-17-20(35-26)15-18-10-12-19(28)13-11-18/h3-4,7,9-13,16-17,24H,2,5-6,8,14-15H2,1H3,(H,30,31)/t24-/m1/s1. The van der Waals surface area contributed by atoms with Crippen LogP contribution in [0, 0.1) is 5.82 Å². The monoisotopic (exact) mass is 474 g/mol. The average Bonchev–Trinajstić information content (AvgIpc) is 3.56. The lowest BCUT2D eigenvalue weighted by Gasteiger charge is -2.33. The highest BCUT2D eigenvalue weighted by Crippen LogP contribution is 2.33. The topological polar surface area (TPSA) is 84.2 Å². The predicted octanol–water partition coefficient (Wildman–Crippen LogP) is 5.56. The van der Waals surface area contributed by atoms with E-state index in [0.717, 1.165) is 36.1 Å². The van der Waals surface area contributed by atoms with Crippen LogP contribution in [0.25, 0.3) is 11.3 Å². The number of aromatic amines is 1. The lowest BCUT2D eigenvalue weighted by atomic mass is 10.0. The van der Waals surface area contributed by atoms with Gasteiger partial charge < -0.3 is 14.1 Å². The van der Waals surface area contributed by atoms with E-state index in [9.17, 15) is 9.18 Å². The van der Waals surface area contributed by atoms with Crippen molar-refractivity contribution in [2.24, 2.45) is 0 Å². The molecule has 8 heteroatoms. The van der Waals surface area contributed by atoms with E-state index in [1.165, 1.54) is 12.1 Å². The first-order valence-electron chi connectivity index (χ1n) is 11.9. The summed E-state index contributed by atoms with van der Waals surface area (Å²) in [4.78, 5) is 19.8. The molecule has 0 bridgehead atoms. The summed E-state index contributed by atoms with van der Waals surface area (Å²) in [5.74, 6) is 1.52. The van der Waals surface area contributed by atoms with Gasteiger partial charge in [0.05, 0.1) is 18.5 Å². The molecule has 1 aliphatic heterocycles. The van der Waals surface area contributed by atoms with Crippen LogP contribution in [0.1, 0.15) is 59.9 Å². The molecule has 0 saturated carbocycles. The van der Waals surface area contributed by atoms with Gasteiger partial charge in [0.2, 0.25) is 5.89 Å². The van der Waals surface area contributed by atoms with E-state index in [1.54, 1.807) is 24.4 Å². The van der Waals surface area contributed by atoms with Crippen LogP contribution in [0.4, 0.5) is 4.39 Å². The van der Waals surface area contributed by atoms with Crippen molar-refractivity contribution in [1.82, 2.24) is 20.1 Å². The number of halogens is 1. The van der Waals surface area contributed by atoms with E-state index in [0.29, 0.717) is 42.6 Å². The Labute approximate surface area is 202 Å². The van der Waals surface area contributed by atoms with Crippen molar-refractivity contribution in [2.45, 2.75) is 38.6 Å². The molecule has 5 rings (SSSR count). The largest absolute Gasteiger partial charge is 0.493 e. The van der Waals surface area contributed by atoms with Gasteiger partial charge in [-0.3, -0.25) is 9.89 Å². The minimum absolute atomic E-state index is 0.138. The van der Waals surface area contributed by atoms with E-state index in [1.807, 2.05) is 36.1 Å². The predicted molar refractivity (Wildman–Crippen MR) is 129 cm³/mol. The van der Waals surface area contributed by atoms with Gasteiger partial charge in [0, 0.05) is 18.5 Å². The molecule has 0 unspecified atom stereocenters. The number of nitrogens with zero attached hydrogens (tertiary/aromatic N) is 3. The number of piperidine rings is 1. The zero-order chi connectivity index (χ0) is 24.2. The molecule has 0 radical (unpaired) electrons. The second-order valence-corrected chi connectivity index (χ2v) is 8.57. The molecule has 1 N–H and O–H groups in total. The van der Waals surface area contributed by atoms with Crippen molar-refractivity contribution in [3.8, 4) is 17.0 Å². The van der Waals surface area contributed by atoms with Crippen molar-refractivity contribution in [3.05, 3.63) is 89.5 Å². The Morgan fingerprint density at radius 2 is 2.03 bits per heavy atom. The normalized spacial score (nSPS) is 15.8. The van der Waals surface area contributed by atoms with Crippen LogP contribution in [0.2, 0.25) is 0 Å². The van der Waals surface area contributed by atoms with Gasteiger partial charge >= 0.3 is 0 Å². The van der Waals surface area contributed by atoms with Crippen molar-refractivity contribution in [1.29, 1.82) is 0 Å². The average molecular weight is 475 g/mol. The molecule has 1 atom stereocenters. The Balaban J connectivity index is 1.35. The molecule has 35 heavy (non-hydrogen) atoms. The molecule has 1 saturated heterocycles. The molecule has 1 aliphatic rings. The molecule has 2 aromatic carbocycles. The second kappa shape index (κ2) is 10.1. The SMILES string of the molecule is CCOc1ccccc1-c1cc(C(=O)N2CCCC[C@@H]2c2ncc(Cc3ccc(F)cc3)o2)[nH]n1. The quantitative estimate of drug-likeness (QED) is 0.379. The van der Waals surface area contributed by atoms with Gasteiger partial charge in [0.15, 0.2) is 0 Å². The number of oxazole rings is 1. The number of amides is 1. The number of H-pyrrole nitrogens is 1. The fourth-order valence-electron chi connectivity index (χ4n) is 4.48. The molecule has 1 amide bonds. The smallest absolute Gasteiger partial charge is 0.272 e. The molecule has 2 aromatic heterocycles. The first-order chi connectivity index (χ1) is 17.1. The number of benzene rings is 2. The van der Waals surface area contributed by atoms with Gasteiger partial charge in [-0.05, 0) is 62.1 Å². The van der Waals surface area contributed by atoms with Crippen LogP contribution in [0.15, 0.2) is 65.2 Å². The van der Waals surface area contributed by atoms with Crippen LogP contribution in [0.5, 0.6) is 5.75 Å². The molecular weight excluding hydrogens is 447 g/mol. The highest BCUT2D eigenvalue weighted by molar-refractivity contribution is 5.94. The molecular formula is C27H27FN4O3. The zero-order valence-corrected chi connectivity index (χ0v) is 19.5. The van der Waals surface area contributed by atoms with Gasteiger partial charge in [-0.25, -0.2) is 9.37 Å². The van der Waals surface area contributed by atoms with Crippen molar-refractivity contribution in [2.75, 3.05) is 13.2 Å². The maximum Gasteiger partial charge on any atom is 0.272 e. The van der Waals surface area contributed by atoms with E-state index in [4.69, 9.17) is 9.15 Å². The van der Waals surface area contributed by atoms with Gasteiger partial charge in [-0.15, -0.1) is 0 Å². The van der Waals surface area contributed by atoms with Gasteiger partial charge in [-0.1, -0.05) is 24.3 Å². The number of hydrogen-bond acceptors (Lipinski definition) is 5. The minimum Gasteiger partial charge on any atom is -0.493 e. The van der Waals surface area contributed by atoms with E-state index < -0.39 is 0 Å². The lowest BCUT2D eigenvalue weighted by molar-refractivity contribution is 0.0564. The Hall–Kier alpha value is -3.94.